The van der Waals surface area contributed by atoms with Crippen molar-refractivity contribution in [3.63, 3.8) is 0 Å². The van der Waals surface area contributed by atoms with Crippen molar-refractivity contribution in [1.82, 2.24) is 0 Å². The summed E-state index contributed by atoms with van der Waals surface area (Å²) in [4.78, 5) is 0.226. The van der Waals surface area contributed by atoms with Crippen molar-refractivity contribution in [2.75, 3.05) is 30.1 Å². The van der Waals surface area contributed by atoms with Gasteiger partial charge in [-0.3, -0.25) is 0 Å². The van der Waals surface area contributed by atoms with E-state index in [9.17, 15) is 16.8 Å². The van der Waals surface area contributed by atoms with E-state index in [0.717, 1.165) is 6.26 Å². The van der Waals surface area contributed by atoms with Gasteiger partial charge in [0.1, 0.15) is 9.84 Å². The van der Waals surface area contributed by atoms with Gasteiger partial charge in [0.15, 0.2) is 9.84 Å². The lowest BCUT2D eigenvalue weighted by Gasteiger charge is -2.10. The zero-order valence-electron chi connectivity index (χ0n) is 10.4. The van der Waals surface area contributed by atoms with Gasteiger partial charge < -0.3 is 5.32 Å². The summed E-state index contributed by atoms with van der Waals surface area (Å²) in [5, 5.41) is 2.95. The van der Waals surface area contributed by atoms with Gasteiger partial charge in [0.2, 0.25) is 0 Å². The number of rotatable bonds is 6. The molecule has 0 radical (unpaired) electrons. The molecule has 0 aliphatic carbocycles. The van der Waals surface area contributed by atoms with Gasteiger partial charge in [0.25, 0.3) is 0 Å². The van der Waals surface area contributed by atoms with E-state index in [2.05, 4.69) is 5.32 Å². The number of para-hydroxylation sites is 1. The van der Waals surface area contributed by atoms with E-state index in [0.29, 0.717) is 18.7 Å². The zero-order chi connectivity index (χ0) is 13.8. The predicted octanol–water partition coefficient (Wildman–Crippen LogP) is 0.937. The van der Waals surface area contributed by atoms with Gasteiger partial charge in [-0.1, -0.05) is 12.1 Å². The van der Waals surface area contributed by atoms with Gasteiger partial charge in [0, 0.05) is 19.1 Å². The van der Waals surface area contributed by atoms with E-state index in [-0.39, 0.29) is 10.6 Å². The second-order valence-corrected chi connectivity index (χ2v) is 8.42. The van der Waals surface area contributed by atoms with Crippen LogP contribution in [0.4, 0.5) is 5.69 Å². The second-order valence-electron chi connectivity index (χ2n) is 4.18. The summed E-state index contributed by atoms with van der Waals surface area (Å²) >= 11 is 0. The van der Waals surface area contributed by atoms with E-state index in [4.69, 9.17) is 0 Å². The minimum Gasteiger partial charge on any atom is -0.384 e. The molecule has 0 heterocycles. The van der Waals surface area contributed by atoms with Crippen molar-refractivity contribution in [1.29, 1.82) is 0 Å². The Bertz CT molecular complexity index is 606. The highest BCUT2D eigenvalue weighted by molar-refractivity contribution is 7.91. The van der Waals surface area contributed by atoms with Gasteiger partial charge in [-0.2, -0.15) is 0 Å². The molecule has 0 aromatic heterocycles. The molecule has 0 fully saturated rings. The Morgan fingerprint density at radius 3 is 2.22 bits per heavy atom. The van der Waals surface area contributed by atoms with Crippen LogP contribution in [0.1, 0.15) is 6.42 Å². The van der Waals surface area contributed by atoms with Crippen LogP contribution in [-0.4, -0.2) is 41.6 Å². The maximum Gasteiger partial charge on any atom is 0.177 e. The molecule has 0 unspecified atom stereocenters. The quantitative estimate of drug-likeness (QED) is 0.789. The predicted molar refractivity (Wildman–Crippen MR) is 72.4 cm³/mol. The molecule has 0 saturated heterocycles. The number of hydrogen-bond acceptors (Lipinski definition) is 5. The van der Waals surface area contributed by atoms with Gasteiger partial charge in [0.05, 0.1) is 16.3 Å². The maximum atomic E-state index is 11.5. The average Bonchev–Trinajstić information content (AvgIpc) is 2.22. The fraction of sp³-hybridized carbons (Fsp3) is 0.455. The number of hydrogen-bond donors (Lipinski definition) is 1. The Balaban J connectivity index is 2.69. The third-order valence-electron chi connectivity index (χ3n) is 2.29. The number of nitrogens with one attached hydrogen (secondary N) is 1. The highest BCUT2D eigenvalue weighted by atomic mass is 32.2. The van der Waals surface area contributed by atoms with E-state index in [1.54, 1.807) is 18.2 Å². The highest BCUT2D eigenvalue weighted by Crippen LogP contribution is 2.20. The molecule has 7 heteroatoms. The first-order valence-electron chi connectivity index (χ1n) is 5.41. The average molecular weight is 291 g/mol. The molecule has 0 bridgehead atoms. The van der Waals surface area contributed by atoms with Crippen LogP contribution in [0.3, 0.4) is 0 Å². The van der Waals surface area contributed by atoms with Crippen molar-refractivity contribution >= 4 is 25.4 Å². The third kappa shape index (κ3) is 5.05. The summed E-state index contributed by atoms with van der Waals surface area (Å²) in [7, 11) is -6.26. The molecule has 1 aromatic carbocycles. The Kier molecular flexibility index (Phi) is 4.75. The lowest BCUT2D eigenvalue weighted by atomic mass is 10.3. The normalized spacial score (nSPS) is 12.3. The van der Waals surface area contributed by atoms with Crippen molar-refractivity contribution < 1.29 is 16.8 Å². The molecule has 1 aromatic rings. The number of anilines is 1. The smallest absolute Gasteiger partial charge is 0.177 e. The summed E-state index contributed by atoms with van der Waals surface area (Å²) in [5.74, 6) is 0.0844. The summed E-state index contributed by atoms with van der Waals surface area (Å²) < 4.78 is 44.9. The van der Waals surface area contributed by atoms with Gasteiger partial charge >= 0.3 is 0 Å². The van der Waals surface area contributed by atoms with Crippen LogP contribution in [0.2, 0.25) is 0 Å². The summed E-state index contributed by atoms with van der Waals surface area (Å²) in [6.45, 7) is 0.416. The molecular weight excluding hydrogens is 274 g/mol. The summed E-state index contributed by atoms with van der Waals surface area (Å²) in [5.41, 5.74) is 0.508. The molecule has 0 amide bonds. The van der Waals surface area contributed by atoms with Crippen LogP contribution in [0.25, 0.3) is 0 Å². The Morgan fingerprint density at radius 2 is 1.67 bits per heavy atom. The molecule has 0 spiro atoms. The molecule has 1 rings (SSSR count). The van der Waals surface area contributed by atoms with E-state index in [1.165, 1.54) is 12.3 Å². The van der Waals surface area contributed by atoms with Crippen LogP contribution < -0.4 is 5.32 Å². The van der Waals surface area contributed by atoms with Crippen LogP contribution in [-0.2, 0) is 19.7 Å². The number of benzene rings is 1. The van der Waals surface area contributed by atoms with Gasteiger partial charge in [-0.25, -0.2) is 16.8 Å². The van der Waals surface area contributed by atoms with E-state index >= 15 is 0 Å². The van der Waals surface area contributed by atoms with Crippen LogP contribution in [0, 0.1) is 0 Å². The largest absolute Gasteiger partial charge is 0.384 e. The van der Waals surface area contributed by atoms with Crippen LogP contribution >= 0.6 is 0 Å². The maximum absolute atomic E-state index is 11.5. The monoisotopic (exact) mass is 291 g/mol. The summed E-state index contributed by atoms with van der Waals surface area (Å²) in [6.07, 6.45) is 2.76. The molecule has 18 heavy (non-hydrogen) atoms. The minimum atomic E-state index is -3.28. The fourth-order valence-corrected chi connectivity index (χ4v) is 3.03. The minimum absolute atomic E-state index is 0.0844. The van der Waals surface area contributed by atoms with E-state index < -0.39 is 19.7 Å². The summed E-state index contributed by atoms with van der Waals surface area (Å²) in [6, 6.07) is 6.57. The molecular formula is C11H17NO4S2. The molecule has 0 aliphatic rings. The van der Waals surface area contributed by atoms with Crippen molar-refractivity contribution in [3.8, 4) is 0 Å². The lowest BCUT2D eigenvalue weighted by molar-refractivity contribution is 0.598. The zero-order valence-corrected chi connectivity index (χ0v) is 12.0. The van der Waals surface area contributed by atoms with Gasteiger partial charge in [-0.15, -0.1) is 0 Å². The molecule has 1 N–H and O–H groups in total. The fourth-order valence-electron chi connectivity index (χ4n) is 1.49. The Morgan fingerprint density at radius 1 is 1.06 bits per heavy atom. The standard InChI is InChI=1S/C11H17NO4S2/c1-17(13,14)9-5-8-12-10-6-3-4-7-11(10)18(2,15)16/h3-4,6-7,12H,5,8-9H2,1-2H3. The Labute approximate surface area is 108 Å². The third-order valence-corrected chi connectivity index (χ3v) is 4.48. The lowest BCUT2D eigenvalue weighted by Crippen LogP contribution is -2.11. The molecule has 5 nitrogen and oxygen atoms in total. The molecule has 0 atom stereocenters. The first-order chi connectivity index (χ1) is 8.20. The van der Waals surface area contributed by atoms with Crippen LogP contribution in [0.5, 0.6) is 0 Å². The topological polar surface area (TPSA) is 80.3 Å². The second kappa shape index (κ2) is 5.71. The van der Waals surface area contributed by atoms with Crippen molar-refractivity contribution in [3.05, 3.63) is 24.3 Å². The Hall–Kier alpha value is -1.08. The van der Waals surface area contributed by atoms with Gasteiger partial charge in [-0.05, 0) is 18.6 Å². The van der Waals surface area contributed by atoms with Crippen molar-refractivity contribution in [2.24, 2.45) is 0 Å². The van der Waals surface area contributed by atoms with Crippen LogP contribution in [0.15, 0.2) is 29.2 Å². The first-order valence-corrected chi connectivity index (χ1v) is 9.36. The van der Waals surface area contributed by atoms with Crippen molar-refractivity contribution in [2.45, 2.75) is 11.3 Å². The molecule has 0 aliphatic heterocycles. The number of sulfone groups is 2. The van der Waals surface area contributed by atoms with E-state index in [1.807, 2.05) is 0 Å². The first kappa shape index (κ1) is 15.0. The molecule has 0 saturated carbocycles. The highest BCUT2D eigenvalue weighted by Gasteiger charge is 2.12. The SMILES string of the molecule is CS(=O)(=O)CCCNc1ccccc1S(C)(=O)=O. The molecule has 102 valence electrons.